The number of amides is 2. The second kappa shape index (κ2) is 12.6. The molecule has 0 radical (unpaired) electrons. The van der Waals surface area contributed by atoms with Gasteiger partial charge in [-0.1, -0.05) is 71.9 Å². The van der Waals surface area contributed by atoms with Gasteiger partial charge in [-0.25, -0.2) is 0 Å². The van der Waals surface area contributed by atoms with Crippen molar-refractivity contribution in [2.45, 2.75) is 44.7 Å². The van der Waals surface area contributed by atoms with Crippen molar-refractivity contribution in [1.82, 2.24) is 9.80 Å². The molecule has 1 fully saturated rings. The molecule has 1 N–H and O–H groups in total. The number of aromatic hydroxyl groups is 1. The standard InChI is InChI=1S/C30H33N3O3S/c1-22-8-14-28(15-9-22)37-30(31-29(36)26-16-18-32(19-17-26)23(2)34)33(20-24-6-4-3-5-7-24)21-25-10-12-27(35)13-11-25/h3-15,26,35H,16-21H2,1-2H3. The summed E-state index contributed by atoms with van der Waals surface area (Å²) in [5.41, 5.74) is 3.29. The number of benzene rings is 3. The van der Waals surface area contributed by atoms with Gasteiger partial charge in [0.25, 0.3) is 5.91 Å². The minimum Gasteiger partial charge on any atom is -0.508 e. The number of piperidine rings is 1. The monoisotopic (exact) mass is 515 g/mol. The summed E-state index contributed by atoms with van der Waals surface area (Å²) in [5.74, 6) is -0.0700. The number of hydrogen-bond donors (Lipinski definition) is 1. The predicted octanol–water partition coefficient (Wildman–Crippen LogP) is 5.64. The molecule has 2 amide bonds. The molecule has 3 aromatic carbocycles. The highest BCUT2D eigenvalue weighted by molar-refractivity contribution is 8.13. The van der Waals surface area contributed by atoms with Crippen LogP contribution in [0.25, 0.3) is 0 Å². The molecule has 0 bridgehead atoms. The molecule has 37 heavy (non-hydrogen) atoms. The van der Waals surface area contributed by atoms with Gasteiger partial charge in [0, 0.05) is 43.9 Å². The molecule has 1 saturated heterocycles. The van der Waals surface area contributed by atoms with E-state index in [0.717, 1.165) is 16.0 Å². The summed E-state index contributed by atoms with van der Waals surface area (Å²) in [6.07, 6.45) is 1.25. The van der Waals surface area contributed by atoms with Gasteiger partial charge in [0.2, 0.25) is 5.91 Å². The van der Waals surface area contributed by atoms with Crippen LogP contribution in [0.15, 0.2) is 88.8 Å². The van der Waals surface area contributed by atoms with Crippen LogP contribution in [-0.2, 0) is 22.7 Å². The number of phenolic OH excluding ortho intramolecular Hbond substituents is 1. The fraction of sp³-hybridized carbons (Fsp3) is 0.300. The average molecular weight is 516 g/mol. The maximum Gasteiger partial charge on any atom is 0.251 e. The van der Waals surface area contributed by atoms with Gasteiger partial charge < -0.3 is 14.9 Å². The van der Waals surface area contributed by atoms with Crippen LogP contribution >= 0.6 is 11.8 Å². The van der Waals surface area contributed by atoms with Crippen molar-refractivity contribution >= 4 is 28.7 Å². The van der Waals surface area contributed by atoms with Crippen molar-refractivity contribution in [3.63, 3.8) is 0 Å². The quantitative estimate of drug-likeness (QED) is 0.261. The first kappa shape index (κ1) is 26.5. The fourth-order valence-corrected chi connectivity index (χ4v) is 5.19. The fourth-order valence-electron chi connectivity index (χ4n) is 4.31. The zero-order valence-corrected chi connectivity index (χ0v) is 22.2. The lowest BCUT2D eigenvalue weighted by Gasteiger charge is -2.30. The first-order valence-corrected chi connectivity index (χ1v) is 13.4. The number of hydrogen-bond acceptors (Lipinski definition) is 4. The van der Waals surface area contributed by atoms with Crippen LogP contribution in [-0.4, -0.2) is 45.0 Å². The molecule has 6 nitrogen and oxygen atoms in total. The first-order chi connectivity index (χ1) is 17.9. The summed E-state index contributed by atoms with van der Waals surface area (Å²) < 4.78 is 0. The molecule has 1 aliphatic rings. The second-order valence-corrected chi connectivity index (χ2v) is 10.5. The Balaban J connectivity index is 1.65. The van der Waals surface area contributed by atoms with E-state index in [1.807, 2.05) is 49.4 Å². The molecule has 1 aliphatic heterocycles. The Kier molecular flexibility index (Phi) is 9.01. The van der Waals surface area contributed by atoms with Crippen LogP contribution in [0, 0.1) is 12.8 Å². The van der Waals surface area contributed by atoms with Gasteiger partial charge in [-0.2, -0.15) is 4.99 Å². The Labute approximate surface area is 223 Å². The van der Waals surface area contributed by atoms with E-state index >= 15 is 0 Å². The molecule has 0 unspecified atom stereocenters. The van der Waals surface area contributed by atoms with Crippen LogP contribution in [0.1, 0.15) is 36.5 Å². The maximum atomic E-state index is 13.4. The third-order valence-corrected chi connectivity index (χ3v) is 7.56. The Morgan fingerprint density at radius 1 is 0.919 bits per heavy atom. The van der Waals surface area contributed by atoms with Gasteiger partial charge in [0.05, 0.1) is 0 Å². The van der Waals surface area contributed by atoms with Crippen LogP contribution in [0.5, 0.6) is 5.75 Å². The summed E-state index contributed by atoms with van der Waals surface area (Å²) in [5, 5.41) is 10.4. The van der Waals surface area contributed by atoms with Crippen molar-refractivity contribution in [3.8, 4) is 5.75 Å². The summed E-state index contributed by atoms with van der Waals surface area (Å²) >= 11 is 1.49. The number of phenols is 1. The Hall–Kier alpha value is -3.58. The molecule has 192 valence electrons. The number of rotatable bonds is 6. The molecular formula is C30H33N3O3S. The number of nitrogens with zero attached hydrogens (tertiary/aromatic N) is 3. The molecular weight excluding hydrogens is 482 g/mol. The SMILES string of the molecule is CC(=O)N1CCC(C(=O)N=C(Sc2ccc(C)cc2)N(Cc2ccccc2)Cc2ccc(O)cc2)CC1. The van der Waals surface area contributed by atoms with Gasteiger partial charge in [-0.05, 0) is 55.2 Å². The molecule has 0 saturated carbocycles. The smallest absolute Gasteiger partial charge is 0.251 e. The lowest BCUT2D eigenvalue weighted by atomic mass is 9.96. The normalized spacial score (nSPS) is 14.4. The number of carbonyl (C=O) groups excluding carboxylic acids is 2. The number of aryl methyl sites for hydroxylation is 1. The maximum absolute atomic E-state index is 13.4. The third kappa shape index (κ3) is 7.70. The Bertz CT molecular complexity index is 1220. The molecule has 3 aromatic rings. The Morgan fingerprint density at radius 3 is 2.11 bits per heavy atom. The van der Waals surface area contributed by atoms with E-state index in [9.17, 15) is 14.7 Å². The van der Waals surface area contributed by atoms with Crippen molar-refractivity contribution in [3.05, 3.63) is 95.6 Å². The van der Waals surface area contributed by atoms with Crippen molar-refractivity contribution < 1.29 is 14.7 Å². The topological polar surface area (TPSA) is 73.2 Å². The average Bonchev–Trinajstić information content (AvgIpc) is 2.91. The summed E-state index contributed by atoms with van der Waals surface area (Å²) in [7, 11) is 0. The summed E-state index contributed by atoms with van der Waals surface area (Å²) in [6, 6.07) is 25.5. The van der Waals surface area contributed by atoms with Crippen LogP contribution in [0.2, 0.25) is 0 Å². The zero-order valence-electron chi connectivity index (χ0n) is 21.3. The predicted molar refractivity (Wildman–Crippen MR) is 148 cm³/mol. The van der Waals surface area contributed by atoms with Crippen LogP contribution in [0.3, 0.4) is 0 Å². The molecule has 0 aromatic heterocycles. The number of thioether (sulfide) groups is 1. The number of likely N-dealkylation sites (tertiary alicyclic amines) is 1. The summed E-state index contributed by atoms with van der Waals surface area (Å²) in [4.78, 5) is 34.8. The van der Waals surface area contributed by atoms with Gasteiger partial charge in [-0.15, -0.1) is 0 Å². The van der Waals surface area contributed by atoms with E-state index in [-0.39, 0.29) is 23.5 Å². The molecule has 0 atom stereocenters. The highest BCUT2D eigenvalue weighted by Gasteiger charge is 2.27. The lowest BCUT2D eigenvalue weighted by molar-refractivity contribution is -0.132. The highest BCUT2D eigenvalue weighted by Crippen LogP contribution is 2.27. The van der Waals surface area contributed by atoms with E-state index < -0.39 is 0 Å². The number of amidine groups is 1. The highest BCUT2D eigenvalue weighted by atomic mass is 32.2. The van der Waals surface area contributed by atoms with Gasteiger partial charge in [-0.3, -0.25) is 9.59 Å². The number of aliphatic imine (C=N–C) groups is 1. The number of carbonyl (C=O) groups is 2. The third-order valence-electron chi connectivity index (χ3n) is 6.52. The van der Waals surface area contributed by atoms with Crippen molar-refractivity contribution in [1.29, 1.82) is 0 Å². The van der Waals surface area contributed by atoms with E-state index in [4.69, 9.17) is 4.99 Å². The molecule has 7 heteroatoms. The Morgan fingerprint density at radius 2 is 1.51 bits per heavy atom. The van der Waals surface area contributed by atoms with Gasteiger partial charge in [0.1, 0.15) is 5.75 Å². The molecule has 1 heterocycles. The minimum atomic E-state index is -0.198. The molecule has 0 aliphatic carbocycles. The van der Waals surface area contributed by atoms with Gasteiger partial charge in [0.15, 0.2) is 5.17 Å². The minimum absolute atomic E-state index is 0.0490. The first-order valence-electron chi connectivity index (χ1n) is 12.6. The largest absolute Gasteiger partial charge is 0.508 e. The van der Waals surface area contributed by atoms with Crippen LogP contribution < -0.4 is 0 Å². The second-order valence-electron chi connectivity index (χ2n) is 9.44. The summed E-state index contributed by atoms with van der Waals surface area (Å²) in [6.45, 7) is 5.90. The zero-order chi connectivity index (χ0) is 26.2. The molecule has 0 spiro atoms. The van der Waals surface area contributed by atoms with E-state index in [1.165, 1.54) is 17.3 Å². The van der Waals surface area contributed by atoms with Gasteiger partial charge >= 0.3 is 0 Å². The van der Waals surface area contributed by atoms with E-state index in [2.05, 4.69) is 29.2 Å². The van der Waals surface area contributed by atoms with E-state index in [0.29, 0.717) is 44.2 Å². The van der Waals surface area contributed by atoms with Crippen molar-refractivity contribution in [2.75, 3.05) is 13.1 Å². The molecule has 4 rings (SSSR count). The van der Waals surface area contributed by atoms with E-state index in [1.54, 1.807) is 24.0 Å². The van der Waals surface area contributed by atoms with Crippen LogP contribution in [0.4, 0.5) is 0 Å². The lowest BCUT2D eigenvalue weighted by Crippen LogP contribution is -2.39. The van der Waals surface area contributed by atoms with Crippen molar-refractivity contribution in [2.24, 2.45) is 10.9 Å².